The second kappa shape index (κ2) is 10.3. The number of nitrogens with one attached hydrogen (secondary N) is 2. The number of carbonyl (C=O) groups excluding carboxylic acids is 1. The van der Waals surface area contributed by atoms with Gasteiger partial charge in [0.25, 0.3) is 0 Å². The number of nitro benzene ring substituents is 1. The highest BCUT2D eigenvalue weighted by Gasteiger charge is 2.16. The Morgan fingerprint density at radius 2 is 2.00 bits per heavy atom. The summed E-state index contributed by atoms with van der Waals surface area (Å²) in [7, 11) is 1.33. The Bertz CT molecular complexity index is 1230. The van der Waals surface area contributed by atoms with Crippen LogP contribution in [0, 0.1) is 10.1 Å². The van der Waals surface area contributed by atoms with Crippen molar-refractivity contribution >= 4 is 63.9 Å². The number of nitro groups is 1. The number of methoxy groups -OCH3 is 1. The van der Waals surface area contributed by atoms with E-state index >= 15 is 0 Å². The van der Waals surface area contributed by atoms with Crippen LogP contribution in [0.3, 0.4) is 0 Å². The molecule has 1 heterocycles. The van der Waals surface area contributed by atoms with Gasteiger partial charge in [0.2, 0.25) is 5.91 Å². The molecule has 2 aromatic carbocycles. The summed E-state index contributed by atoms with van der Waals surface area (Å²) in [4.78, 5) is 22.7. The highest BCUT2D eigenvalue weighted by molar-refractivity contribution is 7.80. The highest BCUT2D eigenvalue weighted by Crippen LogP contribution is 2.34. The third-order valence-corrected chi connectivity index (χ3v) is 5.14. The van der Waals surface area contributed by atoms with E-state index in [-0.39, 0.29) is 16.5 Å². The summed E-state index contributed by atoms with van der Waals surface area (Å²) in [6.07, 6.45) is 2.69. The summed E-state index contributed by atoms with van der Waals surface area (Å²) >= 11 is 17.3. The minimum Gasteiger partial charge on any atom is -0.490 e. The van der Waals surface area contributed by atoms with Crippen LogP contribution >= 0.6 is 35.4 Å². The highest BCUT2D eigenvalue weighted by atomic mass is 35.5. The molecule has 3 rings (SSSR count). The number of anilines is 1. The number of hydrogen-bond donors (Lipinski definition) is 2. The van der Waals surface area contributed by atoms with Gasteiger partial charge in [-0.25, -0.2) is 0 Å². The minimum absolute atomic E-state index is 0.0371. The summed E-state index contributed by atoms with van der Waals surface area (Å²) < 4.78 is 10.6. The van der Waals surface area contributed by atoms with Gasteiger partial charge in [0.05, 0.1) is 22.1 Å². The van der Waals surface area contributed by atoms with Crippen LogP contribution in [0.5, 0.6) is 5.75 Å². The molecular weight excluding hydrogens is 477 g/mol. The van der Waals surface area contributed by atoms with Crippen molar-refractivity contribution < 1.29 is 18.9 Å². The monoisotopic (exact) mass is 491 g/mol. The van der Waals surface area contributed by atoms with E-state index in [0.717, 1.165) is 0 Å². The van der Waals surface area contributed by atoms with Crippen molar-refractivity contribution in [2.75, 3.05) is 12.4 Å². The Balaban J connectivity index is 1.62. The first-order valence-corrected chi connectivity index (χ1v) is 10.1. The molecule has 1 aromatic heterocycles. The van der Waals surface area contributed by atoms with E-state index in [4.69, 9.17) is 44.6 Å². The van der Waals surface area contributed by atoms with Crippen molar-refractivity contribution in [3.05, 3.63) is 80.5 Å². The third kappa shape index (κ3) is 5.64. The Morgan fingerprint density at radius 3 is 2.72 bits per heavy atom. The van der Waals surface area contributed by atoms with Gasteiger partial charge >= 0.3 is 5.69 Å². The number of amides is 1. The second-order valence-corrected chi connectivity index (χ2v) is 7.42. The molecule has 0 fully saturated rings. The first kappa shape index (κ1) is 23.3. The van der Waals surface area contributed by atoms with Crippen molar-refractivity contribution in [3.8, 4) is 17.1 Å². The molecule has 8 nitrogen and oxygen atoms in total. The van der Waals surface area contributed by atoms with Crippen LogP contribution in [0.2, 0.25) is 10.0 Å². The Hall–Kier alpha value is -3.40. The molecule has 32 heavy (non-hydrogen) atoms. The molecule has 0 unspecified atom stereocenters. The third-order valence-electron chi connectivity index (χ3n) is 4.11. The summed E-state index contributed by atoms with van der Waals surface area (Å²) in [6.45, 7) is 0. The maximum absolute atomic E-state index is 12.1. The molecule has 164 valence electrons. The standard InChI is InChI=1S/C21H15Cl2N3O5S/c1-30-18-8-5-12(11-16(18)26(28)29)24-21(32)25-19(27)10-7-13-6-9-17(31-13)14-3-2-4-15(22)20(14)23/h2-11H,1H3,(H2,24,25,27,32). The Kier molecular flexibility index (Phi) is 7.47. The number of halogens is 2. The van der Waals surface area contributed by atoms with Gasteiger partial charge in [0.1, 0.15) is 11.5 Å². The van der Waals surface area contributed by atoms with Crippen LogP contribution in [0.1, 0.15) is 5.76 Å². The quantitative estimate of drug-likeness (QED) is 0.197. The van der Waals surface area contributed by atoms with E-state index in [1.54, 1.807) is 30.3 Å². The zero-order valence-electron chi connectivity index (χ0n) is 16.4. The number of thiocarbonyl (C=S) groups is 1. The fourth-order valence-corrected chi connectivity index (χ4v) is 3.28. The van der Waals surface area contributed by atoms with E-state index in [2.05, 4.69) is 10.6 Å². The maximum Gasteiger partial charge on any atom is 0.312 e. The Morgan fingerprint density at radius 1 is 1.22 bits per heavy atom. The van der Waals surface area contributed by atoms with Crippen LogP contribution in [0.15, 0.2) is 59.0 Å². The number of carbonyl (C=O) groups is 1. The number of benzene rings is 2. The lowest BCUT2D eigenvalue weighted by molar-refractivity contribution is -0.385. The Labute approximate surface area is 197 Å². The number of furan rings is 1. The van der Waals surface area contributed by atoms with Crippen molar-refractivity contribution in [2.45, 2.75) is 0 Å². The molecule has 0 saturated heterocycles. The zero-order valence-corrected chi connectivity index (χ0v) is 18.8. The lowest BCUT2D eigenvalue weighted by Gasteiger charge is -2.09. The molecule has 0 atom stereocenters. The molecule has 0 radical (unpaired) electrons. The molecule has 0 saturated carbocycles. The fraction of sp³-hybridized carbons (Fsp3) is 0.0476. The number of ether oxygens (including phenoxy) is 1. The zero-order chi connectivity index (χ0) is 23.3. The molecule has 0 bridgehead atoms. The van der Waals surface area contributed by atoms with Gasteiger partial charge in [-0.2, -0.15) is 0 Å². The largest absolute Gasteiger partial charge is 0.490 e. The average Bonchev–Trinajstić information content (AvgIpc) is 3.23. The number of nitrogens with zero attached hydrogens (tertiary/aromatic N) is 1. The first-order valence-electron chi connectivity index (χ1n) is 8.95. The first-order chi connectivity index (χ1) is 15.3. The molecule has 0 spiro atoms. The fourth-order valence-electron chi connectivity index (χ4n) is 2.67. The predicted molar refractivity (Wildman–Crippen MR) is 127 cm³/mol. The topological polar surface area (TPSA) is 107 Å². The van der Waals surface area contributed by atoms with Crippen LogP contribution in [0.4, 0.5) is 11.4 Å². The van der Waals surface area contributed by atoms with Crippen molar-refractivity contribution in [2.24, 2.45) is 0 Å². The summed E-state index contributed by atoms with van der Waals surface area (Å²) in [5.41, 5.74) is 0.711. The lowest BCUT2D eigenvalue weighted by atomic mass is 10.2. The van der Waals surface area contributed by atoms with Crippen LogP contribution in [0.25, 0.3) is 17.4 Å². The molecule has 0 aliphatic rings. The summed E-state index contributed by atoms with van der Waals surface area (Å²) in [5.74, 6) is 0.492. The van der Waals surface area contributed by atoms with Crippen LogP contribution in [-0.2, 0) is 4.79 Å². The van der Waals surface area contributed by atoms with E-state index in [1.165, 1.54) is 37.5 Å². The van der Waals surface area contributed by atoms with E-state index in [0.29, 0.717) is 32.8 Å². The van der Waals surface area contributed by atoms with Gasteiger partial charge in [-0.05, 0) is 54.7 Å². The van der Waals surface area contributed by atoms with Crippen molar-refractivity contribution in [3.63, 3.8) is 0 Å². The van der Waals surface area contributed by atoms with E-state index in [1.807, 2.05) is 0 Å². The SMILES string of the molecule is COc1ccc(NC(=S)NC(=O)C=Cc2ccc(-c3cccc(Cl)c3Cl)o2)cc1[N+](=O)[O-]. The normalized spacial score (nSPS) is 10.7. The van der Waals surface area contributed by atoms with Crippen molar-refractivity contribution in [1.29, 1.82) is 0 Å². The van der Waals surface area contributed by atoms with Gasteiger partial charge in [-0.3, -0.25) is 20.2 Å². The smallest absolute Gasteiger partial charge is 0.312 e. The van der Waals surface area contributed by atoms with Gasteiger partial charge < -0.3 is 14.5 Å². The molecular formula is C21H15Cl2N3O5S. The average molecular weight is 492 g/mol. The molecule has 0 aliphatic carbocycles. The van der Waals surface area contributed by atoms with Crippen molar-refractivity contribution in [1.82, 2.24) is 5.32 Å². The molecule has 1 amide bonds. The van der Waals surface area contributed by atoms with Gasteiger partial charge in [0.15, 0.2) is 10.9 Å². The summed E-state index contributed by atoms with van der Waals surface area (Å²) in [6, 6.07) is 12.8. The van der Waals surface area contributed by atoms with Gasteiger partial charge in [-0.15, -0.1) is 0 Å². The second-order valence-electron chi connectivity index (χ2n) is 6.22. The molecule has 2 N–H and O–H groups in total. The van der Waals surface area contributed by atoms with Gasteiger partial charge in [-0.1, -0.05) is 29.3 Å². The minimum atomic E-state index is -0.581. The van der Waals surface area contributed by atoms with Crippen LogP contribution < -0.4 is 15.4 Å². The molecule has 0 aliphatic heterocycles. The summed E-state index contributed by atoms with van der Waals surface area (Å²) in [5, 5.41) is 17.0. The molecule has 11 heteroatoms. The molecule has 3 aromatic rings. The van der Waals surface area contributed by atoms with E-state index in [9.17, 15) is 14.9 Å². The predicted octanol–water partition coefficient (Wildman–Crippen LogP) is 5.70. The number of rotatable bonds is 6. The van der Waals surface area contributed by atoms with Gasteiger partial charge in [0, 0.05) is 23.4 Å². The lowest BCUT2D eigenvalue weighted by Crippen LogP contribution is -2.32. The van der Waals surface area contributed by atoms with E-state index < -0.39 is 10.8 Å². The maximum atomic E-state index is 12.1. The van der Waals surface area contributed by atoms with Crippen LogP contribution in [-0.4, -0.2) is 23.1 Å². The number of hydrogen-bond acceptors (Lipinski definition) is 6.